The normalized spacial score (nSPS) is 12.6. The standard InChI is InChI=1S/C17H21NOS/c1-13(2)16-6-8-17(9-7-16)20(19)11-10-15-5-4-14(3)18-12-15/h4-9,12-13H,10-11H2,1-3H3/t20-/m0/s1. The molecular formula is C17H21NOS. The highest BCUT2D eigenvalue weighted by Gasteiger charge is 2.06. The lowest BCUT2D eigenvalue weighted by Gasteiger charge is -2.07. The molecule has 1 atom stereocenters. The number of hydrogen-bond acceptors (Lipinski definition) is 2. The maximum atomic E-state index is 12.3. The first kappa shape index (κ1) is 14.9. The predicted molar refractivity (Wildman–Crippen MR) is 84.5 cm³/mol. The Labute approximate surface area is 123 Å². The van der Waals surface area contributed by atoms with Crippen LogP contribution in [0.2, 0.25) is 0 Å². The average molecular weight is 287 g/mol. The Hall–Kier alpha value is -1.48. The molecule has 106 valence electrons. The quantitative estimate of drug-likeness (QED) is 0.835. The van der Waals surface area contributed by atoms with Crippen LogP contribution in [0.1, 0.15) is 36.6 Å². The lowest BCUT2D eigenvalue weighted by molar-refractivity contribution is 0.682. The van der Waals surface area contributed by atoms with Gasteiger partial charge in [-0.15, -0.1) is 0 Å². The van der Waals surface area contributed by atoms with E-state index in [4.69, 9.17) is 0 Å². The average Bonchev–Trinajstić information content (AvgIpc) is 2.46. The van der Waals surface area contributed by atoms with Gasteiger partial charge in [0.2, 0.25) is 0 Å². The zero-order valence-corrected chi connectivity index (χ0v) is 13.1. The van der Waals surface area contributed by atoms with Crippen LogP contribution in [0.5, 0.6) is 0 Å². The molecular weight excluding hydrogens is 266 g/mol. The Balaban J connectivity index is 1.96. The Bertz CT molecular complexity index is 573. The summed E-state index contributed by atoms with van der Waals surface area (Å²) in [5.74, 6) is 1.15. The fraction of sp³-hybridized carbons (Fsp3) is 0.353. The second kappa shape index (κ2) is 6.80. The van der Waals surface area contributed by atoms with E-state index >= 15 is 0 Å². The number of benzene rings is 1. The van der Waals surface area contributed by atoms with Crippen LogP contribution in [-0.2, 0) is 17.2 Å². The zero-order valence-electron chi connectivity index (χ0n) is 12.3. The summed E-state index contributed by atoms with van der Waals surface area (Å²) in [7, 11) is -0.939. The summed E-state index contributed by atoms with van der Waals surface area (Å²) < 4.78 is 12.3. The number of pyridine rings is 1. The maximum Gasteiger partial charge on any atom is 0.0532 e. The topological polar surface area (TPSA) is 30.0 Å². The van der Waals surface area contributed by atoms with Crippen LogP contribution in [-0.4, -0.2) is 14.9 Å². The van der Waals surface area contributed by atoms with Gasteiger partial charge < -0.3 is 0 Å². The van der Waals surface area contributed by atoms with E-state index in [2.05, 4.69) is 37.0 Å². The SMILES string of the molecule is Cc1ccc(CC[S@](=O)c2ccc(C(C)C)cc2)cn1. The molecule has 1 heterocycles. The van der Waals surface area contributed by atoms with Crippen molar-refractivity contribution in [3.63, 3.8) is 0 Å². The molecule has 0 saturated carbocycles. The highest BCUT2D eigenvalue weighted by Crippen LogP contribution is 2.17. The van der Waals surface area contributed by atoms with Crippen LogP contribution < -0.4 is 0 Å². The molecule has 0 radical (unpaired) electrons. The lowest BCUT2D eigenvalue weighted by Crippen LogP contribution is -2.02. The van der Waals surface area contributed by atoms with Crippen molar-refractivity contribution < 1.29 is 4.21 Å². The number of aryl methyl sites for hydroxylation is 2. The van der Waals surface area contributed by atoms with Gasteiger partial charge in [0, 0.05) is 22.5 Å². The third-order valence-corrected chi connectivity index (χ3v) is 4.73. The smallest absolute Gasteiger partial charge is 0.0532 e. The fourth-order valence-electron chi connectivity index (χ4n) is 1.98. The van der Waals surface area contributed by atoms with Crippen molar-refractivity contribution in [1.82, 2.24) is 4.98 Å². The predicted octanol–water partition coefficient (Wildman–Crippen LogP) is 3.86. The summed E-state index contributed by atoms with van der Waals surface area (Å²) in [6.07, 6.45) is 2.67. The molecule has 0 aliphatic carbocycles. The monoisotopic (exact) mass is 287 g/mol. The first-order chi connectivity index (χ1) is 9.56. The number of rotatable bonds is 5. The Morgan fingerprint density at radius 1 is 1.10 bits per heavy atom. The number of hydrogen-bond donors (Lipinski definition) is 0. The molecule has 0 amide bonds. The van der Waals surface area contributed by atoms with E-state index in [0.717, 1.165) is 22.6 Å². The van der Waals surface area contributed by atoms with Crippen molar-refractivity contribution in [2.75, 3.05) is 5.75 Å². The summed E-state index contributed by atoms with van der Waals surface area (Å²) in [5, 5.41) is 0. The molecule has 0 N–H and O–H groups in total. The second-order valence-electron chi connectivity index (χ2n) is 5.33. The molecule has 2 aromatic rings. The highest BCUT2D eigenvalue weighted by molar-refractivity contribution is 7.85. The molecule has 2 rings (SSSR count). The van der Waals surface area contributed by atoms with Crippen LogP contribution in [0.4, 0.5) is 0 Å². The van der Waals surface area contributed by atoms with Crippen LogP contribution in [0, 0.1) is 6.92 Å². The van der Waals surface area contributed by atoms with Crippen molar-refractivity contribution >= 4 is 10.8 Å². The number of nitrogens with zero attached hydrogens (tertiary/aromatic N) is 1. The van der Waals surface area contributed by atoms with Gasteiger partial charge in [-0.2, -0.15) is 0 Å². The first-order valence-corrected chi connectivity index (χ1v) is 8.28. The van der Waals surface area contributed by atoms with E-state index in [9.17, 15) is 4.21 Å². The van der Waals surface area contributed by atoms with Gasteiger partial charge in [-0.1, -0.05) is 32.0 Å². The molecule has 1 aromatic carbocycles. The molecule has 2 nitrogen and oxygen atoms in total. The summed E-state index contributed by atoms with van der Waals surface area (Å²) in [5.41, 5.74) is 3.44. The largest absolute Gasteiger partial charge is 0.261 e. The van der Waals surface area contributed by atoms with Crippen LogP contribution >= 0.6 is 0 Å². The summed E-state index contributed by atoms with van der Waals surface area (Å²) in [4.78, 5) is 5.17. The third-order valence-electron chi connectivity index (χ3n) is 3.36. The molecule has 0 aliphatic heterocycles. The Morgan fingerprint density at radius 2 is 1.80 bits per heavy atom. The van der Waals surface area contributed by atoms with Gasteiger partial charge in [0.25, 0.3) is 0 Å². The van der Waals surface area contributed by atoms with Gasteiger partial charge in [-0.05, 0) is 48.6 Å². The van der Waals surface area contributed by atoms with Gasteiger partial charge in [0.05, 0.1) is 10.8 Å². The van der Waals surface area contributed by atoms with E-state index in [1.54, 1.807) is 0 Å². The lowest BCUT2D eigenvalue weighted by atomic mass is 10.0. The van der Waals surface area contributed by atoms with E-state index in [1.165, 1.54) is 5.56 Å². The van der Waals surface area contributed by atoms with Gasteiger partial charge in [-0.3, -0.25) is 9.19 Å². The fourth-order valence-corrected chi connectivity index (χ4v) is 3.08. The van der Waals surface area contributed by atoms with Gasteiger partial charge >= 0.3 is 0 Å². The Kier molecular flexibility index (Phi) is 5.07. The molecule has 0 saturated heterocycles. The highest BCUT2D eigenvalue weighted by atomic mass is 32.2. The third kappa shape index (κ3) is 4.01. The molecule has 20 heavy (non-hydrogen) atoms. The van der Waals surface area contributed by atoms with Crippen molar-refractivity contribution in [3.05, 3.63) is 59.4 Å². The van der Waals surface area contributed by atoms with Crippen molar-refractivity contribution in [2.45, 2.75) is 38.0 Å². The molecule has 0 aliphatic rings. The van der Waals surface area contributed by atoms with Crippen LogP contribution in [0.3, 0.4) is 0 Å². The van der Waals surface area contributed by atoms with E-state index in [-0.39, 0.29) is 0 Å². The van der Waals surface area contributed by atoms with Crippen molar-refractivity contribution in [1.29, 1.82) is 0 Å². The molecule has 3 heteroatoms. The summed E-state index contributed by atoms with van der Waals surface area (Å²) in [6.45, 7) is 6.30. The molecule has 1 aromatic heterocycles. The van der Waals surface area contributed by atoms with E-state index < -0.39 is 10.8 Å². The molecule has 0 fully saturated rings. The maximum absolute atomic E-state index is 12.3. The van der Waals surface area contributed by atoms with Gasteiger partial charge in [-0.25, -0.2) is 0 Å². The van der Waals surface area contributed by atoms with E-state index in [0.29, 0.717) is 11.7 Å². The van der Waals surface area contributed by atoms with E-state index in [1.807, 2.05) is 31.3 Å². The summed E-state index contributed by atoms with van der Waals surface area (Å²) >= 11 is 0. The minimum absolute atomic E-state index is 0.510. The van der Waals surface area contributed by atoms with Gasteiger partial charge in [0.15, 0.2) is 0 Å². The first-order valence-electron chi connectivity index (χ1n) is 6.96. The van der Waals surface area contributed by atoms with Crippen LogP contribution in [0.15, 0.2) is 47.5 Å². The minimum Gasteiger partial charge on any atom is -0.261 e. The molecule has 0 spiro atoms. The van der Waals surface area contributed by atoms with Crippen molar-refractivity contribution in [2.24, 2.45) is 0 Å². The second-order valence-corrected chi connectivity index (χ2v) is 6.90. The Morgan fingerprint density at radius 3 is 2.35 bits per heavy atom. The molecule has 0 bridgehead atoms. The zero-order chi connectivity index (χ0) is 14.5. The minimum atomic E-state index is -0.939. The van der Waals surface area contributed by atoms with Crippen molar-refractivity contribution in [3.8, 4) is 0 Å². The molecule has 0 unspecified atom stereocenters. The summed E-state index contributed by atoms with van der Waals surface area (Å²) in [6, 6.07) is 12.2. The van der Waals surface area contributed by atoms with Crippen LogP contribution in [0.25, 0.3) is 0 Å². The number of aromatic nitrogens is 1. The van der Waals surface area contributed by atoms with Gasteiger partial charge in [0.1, 0.15) is 0 Å².